The van der Waals surface area contributed by atoms with Gasteiger partial charge in [0.1, 0.15) is 23.5 Å². The molecule has 0 spiro atoms. The lowest BCUT2D eigenvalue weighted by Crippen LogP contribution is -2.35. The predicted molar refractivity (Wildman–Crippen MR) is 91.5 cm³/mol. The molecule has 0 atom stereocenters. The number of hydrogen-bond acceptors (Lipinski definition) is 6. The lowest BCUT2D eigenvalue weighted by atomic mass is 9.92. The summed E-state index contributed by atoms with van der Waals surface area (Å²) in [6, 6.07) is 0. The molecule has 7 nitrogen and oxygen atoms in total. The molecule has 0 fully saturated rings. The third kappa shape index (κ3) is 3.27. The van der Waals surface area contributed by atoms with Crippen LogP contribution in [-0.2, 0) is 14.5 Å². The molecule has 0 aromatic rings. The van der Waals surface area contributed by atoms with Gasteiger partial charge in [-0.3, -0.25) is 10.3 Å². The lowest BCUT2D eigenvalue weighted by Gasteiger charge is -2.24. The van der Waals surface area contributed by atoms with Gasteiger partial charge in [0.2, 0.25) is 11.5 Å². The molecule has 3 rings (SSSR count). The minimum Gasteiger partial charge on any atom is -0.399 e. The number of hydroxylamine groups is 2. The minimum absolute atomic E-state index is 0.176. The fourth-order valence-corrected chi connectivity index (χ4v) is 2.63. The van der Waals surface area contributed by atoms with Crippen molar-refractivity contribution in [1.29, 1.82) is 0 Å². The Kier molecular flexibility index (Phi) is 5.17. The molecule has 23 heavy (non-hydrogen) atoms. The largest absolute Gasteiger partial charge is 0.399 e. The highest BCUT2D eigenvalue weighted by atomic mass is 32.1. The molecule has 2 bridgehead atoms. The van der Waals surface area contributed by atoms with Crippen LogP contribution in [0.1, 0.15) is 27.2 Å². The van der Waals surface area contributed by atoms with Crippen LogP contribution >= 0.6 is 12.2 Å². The SMILES string of the molecule is CON=C(C(N)=S)C1=C2O[N+](C(C)=C(C)NOC)=C(C=C2C)C1. The van der Waals surface area contributed by atoms with Crippen LogP contribution in [0.4, 0.5) is 0 Å². The normalized spacial score (nSPS) is 18.5. The molecular formula is C15H21N4O3S+. The van der Waals surface area contributed by atoms with Gasteiger partial charge in [0.25, 0.3) is 5.70 Å². The molecule has 2 aliphatic heterocycles. The number of oxime groups is 1. The first-order valence-corrected chi connectivity index (χ1v) is 7.45. The van der Waals surface area contributed by atoms with Crippen molar-refractivity contribution < 1.29 is 19.3 Å². The monoisotopic (exact) mass is 337 g/mol. The Labute approximate surface area is 140 Å². The van der Waals surface area contributed by atoms with E-state index in [1.54, 1.807) is 11.8 Å². The van der Waals surface area contributed by atoms with Crippen LogP contribution in [0.15, 0.2) is 39.5 Å². The van der Waals surface area contributed by atoms with Crippen LogP contribution in [0.5, 0.6) is 0 Å². The van der Waals surface area contributed by atoms with Crippen LogP contribution in [-0.4, -0.2) is 35.4 Å². The summed E-state index contributed by atoms with van der Waals surface area (Å²) in [4.78, 5) is 16.0. The first-order chi connectivity index (χ1) is 10.9. The summed E-state index contributed by atoms with van der Waals surface area (Å²) in [5, 5.41) is 3.94. The Hall–Kier alpha value is -2.19. The highest BCUT2D eigenvalue weighted by Crippen LogP contribution is 2.32. The number of nitrogens with one attached hydrogen (secondary N) is 1. The van der Waals surface area contributed by atoms with Crippen LogP contribution in [0, 0.1) is 0 Å². The van der Waals surface area contributed by atoms with Crippen LogP contribution in [0.25, 0.3) is 0 Å². The van der Waals surface area contributed by atoms with E-state index in [2.05, 4.69) is 16.7 Å². The summed E-state index contributed by atoms with van der Waals surface area (Å²) < 4.78 is 1.76. The van der Waals surface area contributed by atoms with Gasteiger partial charge < -0.3 is 10.6 Å². The summed E-state index contributed by atoms with van der Waals surface area (Å²) in [6.45, 7) is 5.81. The zero-order valence-corrected chi connectivity index (χ0v) is 14.7. The van der Waals surface area contributed by atoms with E-state index in [1.165, 1.54) is 7.11 Å². The van der Waals surface area contributed by atoms with E-state index in [0.29, 0.717) is 17.9 Å². The van der Waals surface area contributed by atoms with Gasteiger partial charge in [-0.25, -0.2) is 4.84 Å². The molecule has 3 N–H and O–H groups in total. The van der Waals surface area contributed by atoms with E-state index in [4.69, 9.17) is 32.5 Å². The van der Waals surface area contributed by atoms with Crippen LogP contribution in [0.3, 0.4) is 0 Å². The Morgan fingerprint density at radius 3 is 2.65 bits per heavy atom. The number of nitrogens with two attached hydrogens (primary N) is 1. The third-order valence-corrected chi connectivity index (χ3v) is 3.81. The summed E-state index contributed by atoms with van der Waals surface area (Å²) in [5.74, 6) is 0.688. The van der Waals surface area contributed by atoms with Gasteiger partial charge in [0.15, 0.2) is 0 Å². The van der Waals surface area contributed by atoms with Crippen molar-refractivity contribution >= 4 is 28.6 Å². The maximum Gasteiger partial charge on any atom is 0.252 e. The van der Waals surface area contributed by atoms with E-state index in [0.717, 1.165) is 28.3 Å². The molecule has 0 aromatic carbocycles. The summed E-state index contributed by atoms with van der Waals surface area (Å²) in [6.07, 6.45) is 2.67. The number of thiocarbonyl (C=S) groups is 1. The van der Waals surface area contributed by atoms with E-state index in [-0.39, 0.29) is 4.99 Å². The molecule has 3 aliphatic rings. The van der Waals surface area contributed by atoms with E-state index >= 15 is 0 Å². The highest BCUT2D eigenvalue weighted by molar-refractivity contribution is 7.82. The smallest absolute Gasteiger partial charge is 0.252 e. The maximum atomic E-state index is 6.02. The first kappa shape index (κ1) is 17.2. The second kappa shape index (κ2) is 6.93. The Bertz CT molecular complexity index is 702. The number of rotatable bonds is 6. The van der Waals surface area contributed by atoms with Crippen molar-refractivity contribution in [2.24, 2.45) is 10.9 Å². The molecule has 124 valence electrons. The Morgan fingerprint density at radius 1 is 1.43 bits per heavy atom. The van der Waals surface area contributed by atoms with E-state index in [9.17, 15) is 0 Å². The summed E-state index contributed by atoms with van der Waals surface area (Å²) >= 11 is 5.07. The standard InChI is InChI=1S/C15H20N4O3S/c1-8-6-11-7-12(13(15(16)23)18-21-5)14(8)22-19(11)10(3)9(2)17-20-4/h6H,7H2,1-5H3,(H2-,16,17,18,23)/p+1. The van der Waals surface area contributed by atoms with Gasteiger partial charge in [-0.05, 0) is 13.8 Å². The zero-order chi connectivity index (χ0) is 17.1. The Balaban J connectivity index is 2.47. The van der Waals surface area contributed by atoms with Gasteiger partial charge >= 0.3 is 0 Å². The fraction of sp³-hybridized carbons (Fsp3) is 0.400. The van der Waals surface area contributed by atoms with Crippen molar-refractivity contribution in [1.82, 2.24) is 5.48 Å². The van der Waals surface area contributed by atoms with E-state index in [1.807, 2.05) is 20.8 Å². The van der Waals surface area contributed by atoms with Crippen molar-refractivity contribution in [2.45, 2.75) is 27.2 Å². The predicted octanol–water partition coefficient (Wildman–Crippen LogP) is 1.68. The molecule has 0 amide bonds. The van der Waals surface area contributed by atoms with Crippen molar-refractivity contribution in [3.8, 4) is 0 Å². The third-order valence-electron chi connectivity index (χ3n) is 3.62. The first-order valence-electron chi connectivity index (χ1n) is 7.04. The number of fused-ring (bicyclic) bond motifs is 2. The van der Waals surface area contributed by atoms with Crippen molar-refractivity contribution in [2.75, 3.05) is 14.2 Å². The quantitative estimate of drug-likeness (QED) is 0.332. The molecule has 0 radical (unpaired) electrons. The average Bonchev–Trinajstić information content (AvgIpc) is 2.51. The molecular weight excluding hydrogens is 316 g/mol. The Morgan fingerprint density at radius 2 is 2.13 bits per heavy atom. The average molecular weight is 337 g/mol. The maximum absolute atomic E-state index is 6.02. The zero-order valence-electron chi connectivity index (χ0n) is 13.9. The van der Waals surface area contributed by atoms with Crippen molar-refractivity contribution in [3.63, 3.8) is 0 Å². The topological polar surface area (TPSA) is 81.1 Å². The van der Waals surface area contributed by atoms with Crippen LogP contribution < -0.4 is 11.2 Å². The number of hydrogen-bond donors (Lipinski definition) is 2. The second-order valence-electron chi connectivity index (χ2n) is 5.19. The minimum atomic E-state index is 0.176. The number of allylic oxidation sites excluding steroid dienone is 4. The van der Waals surface area contributed by atoms with Gasteiger partial charge in [0, 0.05) is 28.9 Å². The molecule has 8 heteroatoms. The second-order valence-corrected chi connectivity index (χ2v) is 5.63. The van der Waals surface area contributed by atoms with Gasteiger partial charge in [-0.2, -0.15) is 0 Å². The molecule has 0 saturated heterocycles. The lowest BCUT2D eigenvalue weighted by molar-refractivity contribution is -0.741. The van der Waals surface area contributed by atoms with Crippen molar-refractivity contribution in [3.05, 3.63) is 34.4 Å². The van der Waals surface area contributed by atoms with Gasteiger partial charge in [-0.1, -0.05) is 17.4 Å². The highest BCUT2D eigenvalue weighted by Gasteiger charge is 2.39. The summed E-state index contributed by atoms with van der Waals surface area (Å²) in [5.41, 5.74) is 13.5. The molecule has 2 heterocycles. The van der Waals surface area contributed by atoms with Crippen LogP contribution in [0.2, 0.25) is 0 Å². The fourth-order valence-electron chi connectivity index (χ4n) is 2.47. The van der Waals surface area contributed by atoms with Gasteiger partial charge in [0.05, 0.1) is 13.5 Å². The van der Waals surface area contributed by atoms with E-state index < -0.39 is 0 Å². The molecule has 0 unspecified atom stereocenters. The molecule has 1 aliphatic carbocycles. The molecule has 0 saturated carbocycles. The summed E-state index contributed by atoms with van der Waals surface area (Å²) in [7, 11) is 3.02. The van der Waals surface area contributed by atoms with Gasteiger partial charge in [-0.15, -0.1) is 0 Å². The number of nitrogens with zero attached hydrogens (tertiary/aromatic N) is 2. The molecule has 0 aromatic heterocycles.